The van der Waals surface area contributed by atoms with Crippen molar-refractivity contribution in [1.29, 1.82) is 0 Å². The second-order valence-corrected chi connectivity index (χ2v) is 3.77. The molecule has 0 aromatic carbocycles. The molecule has 1 amide bonds. The van der Waals surface area contributed by atoms with Crippen LogP contribution in [0.2, 0.25) is 0 Å². The fourth-order valence-electron chi connectivity index (χ4n) is 1.33. The molecule has 0 aromatic heterocycles. The fourth-order valence-corrected chi connectivity index (χ4v) is 1.33. The van der Waals surface area contributed by atoms with E-state index in [-0.39, 0.29) is 18.3 Å². The Morgan fingerprint density at radius 2 is 1.82 bits per heavy atom. The lowest BCUT2D eigenvalue weighted by molar-refractivity contribution is -0.144. The summed E-state index contributed by atoms with van der Waals surface area (Å²) >= 11 is 0. The maximum Gasteiger partial charge on any atom is 0.328 e. The molecule has 0 bridgehead atoms. The summed E-state index contributed by atoms with van der Waals surface area (Å²) in [6, 6.07) is -0.568. The van der Waals surface area contributed by atoms with E-state index in [2.05, 4.69) is 10.1 Å². The van der Waals surface area contributed by atoms with Crippen molar-refractivity contribution < 1.29 is 14.3 Å². The first-order valence-electron chi connectivity index (χ1n) is 5.69. The van der Waals surface area contributed by atoms with Gasteiger partial charge in [0.25, 0.3) is 0 Å². The van der Waals surface area contributed by atoms with Crippen molar-refractivity contribution in [3.8, 4) is 0 Å². The normalized spacial score (nSPS) is 11.2. The Bertz CT molecular complexity index is 225. The van der Waals surface area contributed by atoms with Crippen LogP contribution in [0.3, 0.4) is 0 Å². The molecule has 0 rings (SSSR count). The van der Waals surface area contributed by atoms with Gasteiger partial charge in [0.15, 0.2) is 0 Å². The average Bonchev–Trinajstić information content (AvgIpc) is 2.27. The zero-order chi connectivity index (χ0) is 12.4. The number of amides is 1. The van der Waals surface area contributed by atoms with Crippen LogP contribution in [-0.4, -0.2) is 31.6 Å². The number of unbranched alkanes of at least 4 members (excludes halogenated alkanes) is 3. The van der Waals surface area contributed by atoms with E-state index < -0.39 is 12.0 Å². The summed E-state index contributed by atoms with van der Waals surface area (Å²) in [5, 5.41) is 2.58. The first kappa shape index (κ1) is 18.6. The third-order valence-electron chi connectivity index (χ3n) is 2.29. The lowest BCUT2D eigenvalue weighted by Gasteiger charge is -2.11. The van der Waals surface area contributed by atoms with Gasteiger partial charge in [0.05, 0.1) is 7.11 Å². The van der Waals surface area contributed by atoms with Crippen molar-refractivity contribution in [2.24, 2.45) is 5.73 Å². The van der Waals surface area contributed by atoms with E-state index in [1.54, 1.807) is 6.92 Å². The number of nitrogens with two attached hydrogens (primary N) is 1. The summed E-state index contributed by atoms with van der Waals surface area (Å²) in [5.74, 6) is -0.526. The van der Waals surface area contributed by atoms with Gasteiger partial charge in [-0.3, -0.25) is 4.79 Å². The fraction of sp³-hybridized carbons (Fsp3) is 0.818. The van der Waals surface area contributed by atoms with Crippen LogP contribution >= 0.6 is 12.4 Å². The highest BCUT2D eigenvalue weighted by molar-refractivity contribution is 5.85. The molecule has 0 saturated carbocycles. The first-order chi connectivity index (χ1) is 7.61. The van der Waals surface area contributed by atoms with E-state index in [0.717, 1.165) is 25.7 Å². The Labute approximate surface area is 109 Å². The Kier molecular flexibility index (Phi) is 12.7. The van der Waals surface area contributed by atoms with E-state index in [1.165, 1.54) is 7.11 Å². The maximum absolute atomic E-state index is 11.4. The molecule has 5 nitrogen and oxygen atoms in total. The molecular formula is C11H23ClN2O3. The first-order valence-corrected chi connectivity index (χ1v) is 5.69. The third-order valence-corrected chi connectivity index (χ3v) is 2.29. The molecule has 0 heterocycles. The molecule has 6 heteroatoms. The SMILES string of the molecule is COC(=O)[C@@H](C)NC(=O)CCCCCCN.Cl. The molecule has 0 fully saturated rings. The van der Waals surface area contributed by atoms with Crippen LogP contribution in [0.1, 0.15) is 39.0 Å². The number of carbonyl (C=O) groups excluding carboxylic acids is 2. The minimum Gasteiger partial charge on any atom is -0.467 e. The lowest BCUT2D eigenvalue weighted by Crippen LogP contribution is -2.38. The number of carbonyl (C=O) groups is 2. The number of hydrogen-bond acceptors (Lipinski definition) is 4. The van der Waals surface area contributed by atoms with E-state index in [1.807, 2.05) is 0 Å². The van der Waals surface area contributed by atoms with Crippen LogP contribution in [-0.2, 0) is 14.3 Å². The molecule has 0 radical (unpaired) electrons. The summed E-state index contributed by atoms with van der Waals surface area (Å²) in [7, 11) is 1.30. The lowest BCUT2D eigenvalue weighted by atomic mass is 10.1. The summed E-state index contributed by atoms with van der Waals surface area (Å²) in [6.07, 6.45) is 4.33. The zero-order valence-corrected chi connectivity index (χ0v) is 11.3. The quantitative estimate of drug-likeness (QED) is 0.507. The van der Waals surface area contributed by atoms with Gasteiger partial charge >= 0.3 is 5.97 Å². The van der Waals surface area contributed by atoms with Crippen molar-refractivity contribution in [3.05, 3.63) is 0 Å². The number of methoxy groups -OCH3 is 1. The number of halogens is 1. The van der Waals surface area contributed by atoms with Crippen LogP contribution < -0.4 is 11.1 Å². The second-order valence-electron chi connectivity index (χ2n) is 3.77. The summed E-state index contributed by atoms with van der Waals surface area (Å²) < 4.78 is 4.50. The van der Waals surface area contributed by atoms with Gasteiger partial charge in [-0.1, -0.05) is 12.8 Å². The summed E-state index contributed by atoms with van der Waals surface area (Å²) in [5.41, 5.74) is 5.35. The largest absolute Gasteiger partial charge is 0.467 e. The van der Waals surface area contributed by atoms with Gasteiger partial charge in [-0.05, 0) is 26.3 Å². The highest BCUT2D eigenvalue weighted by Crippen LogP contribution is 2.02. The van der Waals surface area contributed by atoms with Crippen LogP contribution in [0.4, 0.5) is 0 Å². The molecule has 0 saturated heterocycles. The van der Waals surface area contributed by atoms with Crippen molar-refractivity contribution >= 4 is 24.3 Å². The number of ether oxygens (including phenoxy) is 1. The van der Waals surface area contributed by atoms with Crippen LogP contribution in [0, 0.1) is 0 Å². The molecule has 17 heavy (non-hydrogen) atoms. The van der Waals surface area contributed by atoms with Gasteiger partial charge in [-0.15, -0.1) is 12.4 Å². The van der Waals surface area contributed by atoms with Crippen LogP contribution in [0.5, 0.6) is 0 Å². The average molecular weight is 267 g/mol. The smallest absolute Gasteiger partial charge is 0.328 e. The van der Waals surface area contributed by atoms with Gasteiger partial charge in [-0.25, -0.2) is 4.79 Å². The van der Waals surface area contributed by atoms with Gasteiger partial charge < -0.3 is 15.8 Å². The van der Waals surface area contributed by atoms with Crippen LogP contribution in [0.15, 0.2) is 0 Å². The topological polar surface area (TPSA) is 81.4 Å². The van der Waals surface area contributed by atoms with Crippen molar-refractivity contribution in [3.63, 3.8) is 0 Å². The summed E-state index contributed by atoms with van der Waals surface area (Å²) in [6.45, 7) is 2.31. The van der Waals surface area contributed by atoms with Crippen LogP contribution in [0.25, 0.3) is 0 Å². The number of nitrogens with one attached hydrogen (secondary N) is 1. The standard InChI is InChI=1S/C11H22N2O3.ClH/c1-9(11(15)16-2)13-10(14)7-5-3-4-6-8-12;/h9H,3-8,12H2,1-2H3,(H,13,14);1H/t9-;/m1./s1. The maximum atomic E-state index is 11.4. The Balaban J connectivity index is 0. The molecule has 0 aliphatic heterocycles. The monoisotopic (exact) mass is 266 g/mol. The second kappa shape index (κ2) is 11.7. The number of hydrogen-bond donors (Lipinski definition) is 2. The Morgan fingerprint density at radius 3 is 2.35 bits per heavy atom. The van der Waals surface area contributed by atoms with Gasteiger partial charge in [0, 0.05) is 6.42 Å². The van der Waals surface area contributed by atoms with E-state index in [4.69, 9.17) is 5.73 Å². The predicted molar refractivity (Wildman–Crippen MR) is 69.0 cm³/mol. The number of esters is 1. The highest BCUT2D eigenvalue weighted by atomic mass is 35.5. The minimum atomic E-state index is -0.568. The molecule has 0 unspecified atom stereocenters. The van der Waals surface area contributed by atoms with Gasteiger partial charge in [-0.2, -0.15) is 0 Å². The third kappa shape index (κ3) is 10.1. The molecule has 0 aromatic rings. The van der Waals surface area contributed by atoms with Crippen molar-refractivity contribution in [1.82, 2.24) is 5.32 Å². The van der Waals surface area contributed by atoms with Crippen molar-refractivity contribution in [2.75, 3.05) is 13.7 Å². The molecule has 1 atom stereocenters. The highest BCUT2D eigenvalue weighted by Gasteiger charge is 2.14. The van der Waals surface area contributed by atoms with Gasteiger partial charge in [0.1, 0.15) is 6.04 Å². The minimum absolute atomic E-state index is 0. The Hall–Kier alpha value is -0.810. The molecular weight excluding hydrogens is 244 g/mol. The van der Waals surface area contributed by atoms with Crippen molar-refractivity contribution in [2.45, 2.75) is 45.1 Å². The van der Waals surface area contributed by atoms with Gasteiger partial charge in [0.2, 0.25) is 5.91 Å². The molecule has 102 valence electrons. The molecule has 0 spiro atoms. The van der Waals surface area contributed by atoms with E-state index in [0.29, 0.717) is 13.0 Å². The molecule has 0 aliphatic carbocycles. The molecule has 3 N–H and O–H groups in total. The van der Waals surface area contributed by atoms with E-state index in [9.17, 15) is 9.59 Å². The summed E-state index contributed by atoms with van der Waals surface area (Å²) in [4.78, 5) is 22.4. The zero-order valence-electron chi connectivity index (χ0n) is 10.5. The number of rotatable bonds is 8. The molecule has 0 aliphatic rings. The Morgan fingerprint density at radius 1 is 1.24 bits per heavy atom. The predicted octanol–water partition coefficient (Wildman–Crippen LogP) is 0.995. The van der Waals surface area contributed by atoms with E-state index >= 15 is 0 Å².